The van der Waals surface area contributed by atoms with E-state index in [0.29, 0.717) is 19.3 Å². The molecule has 11 heteroatoms. The van der Waals surface area contributed by atoms with Gasteiger partial charge in [0.05, 0.1) is 18.7 Å². The molecule has 10 nitrogen and oxygen atoms in total. The van der Waals surface area contributed by atoms with Crippen LogP contribution >= 0.6 is 0 Å². The lowest BCUT2D eigenvalue weighted by Crippen LogP contribution is -2.55. The van der Waals surface area contributed by atoms with Gasteiger partial charge in [0.2, 0.25) is 5.91 Å². The molecular weight excluding hydrogens is 391 g/mol. The van der Waals surface area contributed by atoms with E-state index in [1.54, 1.807) is 24.3 Å². The van der Waals surface area contributed by atoms with Gasteiger partial charge in [0, 0.05) is 19.5 Å². The Morgan fingerprint density at radius 1 is 1.17 bits per heavy atom. The van der Waals surface area contributed by atoms with Crippen molar-refractivity contribution in [1.29, 1.82) is 0 Å². The average Bonchev–Trinajstić information content (AvgIpc) is 2.74. The SMILES string of the molecule is COC[C@@H](NC(=O)c1cnccn1)C(=O)N[C@@H](CCCc1ccc(O)cc1)B(O)O. The summed E-state index contributed by atoms with van der Waals surface area (Å²) in [6.07, 6.45) is 5.52. The van der Waals surface area contributed by atoms with Gasteiger partial charge in [-0.25, -0.2) is 4.98 Å². The van der Waals surface area contributed by atoms with Crippen LogP contribution < -0.4 is 10.6 Å². The van der Waals surface area contributed by atoms with Gasteiger partial charge in [-0.2, -0.15) is 0 Å². The van der Waals surface area contributed by atoms with Crippen molar-refractivity contribution in [3.63, 3.8) is 0 Å². The zero-order valence-electron chi connectivity index (χ0n) is 16.6. The van der Waals surface area contributed by atoms with Crippen LogP contribution in [0.5, 0.6) is 5.75 Å². The number of methoxy groups -OCH3 is 1. The maximum Gasteiger partial charge on any atom is 0.475 e. The van der Waals surface area contributed by atoms with Crippen LogP contribution in [0.4, 0.5) is 0 Å². The van der Waals surface area contributed by atoms with Crippen LogP contribution in [0.25, 0.3) is 0 Å². The quantitative estimate of drug-likeness (QED) is 0.306. The zero-order chi connectivity index (χ0) is 21.9. The lowest BCUT2D eigenvalue weighted by atomic mass is 9.76. The Hall–Kier alpha value is -3.02. The first-order valence-corrected chi connectivity index (χ1v) is 9.41. The Morgan fingerprint density at radius 2 is 1.90 bits per heavy atom. The normalized spacial score (nSPS) is 12.6. The van der Waals surface area contributed by atoms with Crippen molar-refractivity contribution in [1.82, 2.24) is 20.6 Å². The standard InChI is InChI=1S/C19H25BN4O6/c1-30-12-16(23-18(26)15-11-21-9-10-22-15)19(27)24-17(20(28)29)4-2-3-13-5-7-14(25)8-6-13/h5-11,16-17,25,28-29H,2-4,12H2,1H3,(H,23,26)(H,24,27)/t16-,17+/m1/s1. The Bertz CT molecular complexity index is 806. The molecule has 2 aromatic rings. The number of aromatic hydroxyl groups is 1. The number of aryl methyl sites for hydroxylation is 1. The summed E-state index contributed by atoms with van der Waals surface area (Å²) in [4.78, 5) is 32.5. The molecule has 160 valence electrons. The summed E-state index contributed by atoms with van der Waals surface area (Å²) in [5, 5.41) is 33.6. The molecule has 5 N–H and O–H groups in total. The van der Waals surface area contributed by atoms with Crippen LogP contribution in [0.2, 0.25) is 0 Å². The first kappa shape index (κ1) is 23.3. The minimum Gasteiger partial charge on any atom is -0.508 e. The smallest absolute Gasteiger partial charge is 0.475 e. The summed E-state index contributed by atoms with van der Waals surface area (Å²) >= 11 is 0. The van der Waals surface area contributed by atoms with E-state index in [0.717, 1.165) is 5.56 Å². The fraction of sp³-hybridized carbons (Fsp3) is 0.368. The topological polar surface area (TPSA) is 154 Å². The lowest BCUT2D eigenvalue weighted by Gasteiger charge is -2.22. The van der Waals surface area contributed by atoms with Crippen molar-refractivity contribution in [2.45, 2.75) is 31.2 Å². The van der Waals surface area contributed by atoms with E-state index in [4.69, 9.17) is 4.74 Å². The van der Waals surface area contributed by atoms with Crippen molar-refractivity contribution in [3.8, 4) is 5.75 Å². The molecule has 0 saturated heterocycles. The molecule has 0 unspecified atom stereocenters. The number of nitrogens with zero attached hydrogens (tertiary/aromatic N) is 2. The second kappa shape index (κ2) is 11.9. The van der Waals surface area contributed by atoms with Crippen LogP contribution in [0.3, 0.4) is 0 Å². The molecule has 0 saturated carbocycles. The third-order valence-corrected chi connectivity index (χ3v) is 4.36. The van der Waals surface area contributed by atoms with Crippen LogP contribution in [-0.4, -0.2) is 69.8 Å². The molecule has 0 radical (unpaired) electrons. The molecule has 2 atom stereocenters. The number of benzene rings is 1. The van der Waals surface area contributed by atoms with Crippen molar-refractivity contribution in [2.24, 2.45) is 0 Å². The third-order valence-electron chi connectivity index (χ3n) is 4.36. The van der Waals surface area contributed by atoms with Gasteiger partial charge in [-0.05, 0) is 37.0 Å². The van der Waals surface area contributed by atoms with Gasteiger partial charge in [0.15, 0.2) is 0 Å². The summed E-state index contributed by atoms with van der Waals surface area (Å²) < 4.78 is 5.00. The molecule has 0 fully saturated rings. The zero-order valence-corrected chi connectivity index (χ0v) is 16.6. The minimum absolute atomic E-state index is 0.0408. The largest absolute Gasteiger partial charge is 0.508 e. The van der Waals surface area contributed by atoms with Gasteiger partial charge in [0.1, 0.15) is 17.5 Å². The predicted octanol–water partition coefficient (Wildman–Crippen LogP) is -0.553. The van der Waals surface area contributed by atoms with E-state index in [9.17, 15) is 24.7 Å². The summed E-state index contributed by atoms with van der Waals surface area (Å²) in [6, 6.07) is 5.64. The average molecular weight is 416 g/mol. The lowest BCUT2D eigenvalue weighted by molar-refractivity contribution is -0.124. The number of ether oxygens (including phenoxy) is 1. The summed E-state index contributed by atoms with van der Waals surface area (Å²) in [5.41, 5.74) is 1.01. The van der Waals surface area contributed by atoms with Gasteiger partial charge in [-0.1, -0.05) is 12.1 Å². The van der Waals surface area contributed by atoms with E-state index in [2.05, 4.69) is 20.6 Å². The highest BCUT2D eigenvalue weighted by Crippen LogP contribution is 2.13. The number of hydrogen-bond donors (Lipinski definition) is 5. The molecule has 1 heterocycles. The molecule has 30 heavy (non-hydrogen) atoms. The van der Waals surface area contributed by atoms with Gasteiger partial charge < -0.3 is 30.5 Å². The van der Waals surface area contributed by atoms with Crippen molar-refractivity contribution >= 4 is 18.9 Å². The number of carbonyl (C=O) groups is 2. The molecule has 0 aliphatic heterocycles. The monoisotopic (exact) mass is 416 g/mol. The number of hydrogen-bond acceptors (Lipinski definition) is 8. The van der Waals surface area contributed by atoms with Gasteiger partial charge in [-0.15, -0.1) is 0 Å². The van der Waals surface area contributed by atoms with Crippen LogP contribution in [0.1, 0.15) is 28.9 Å². The molecule has 0 aliphatic rings. The fourth-order valence-corrected chi connectivity index (χ4v) is 2.77. The Labute approximate surface area is 174 Å². The molecule has 1 aromatic heterocycles. The number of phenols is 1. The number of nitrogens with one attached hydrogen (secondary N) is 2. The molecule has 1 aromatic carbocycles. The highest BCUT2D eigenvalue weighted by molar-refractivity contribution is 6.43. The first-order chi connectivity index (χ1) is 14.4. The van der Waals surface area contributed by atoms with E-state index in [-0.39, 0.29) is 18.1 Å². The van der Waals surface area contributed by atoms with E-state index >= 15 is 0 Å². The Balaban J connectivity index is 1.92. The highest BCUT2D eigenvalue weighted by Gasteiger charge is 2.29. The van der Waals surface area contributed by atoms with E-state index in [1.807, 2.05) is 0 Å². The second-order valence-electron chi connectivity index (χ2n) is 6.66. The maximum absolute atomic E-state index is 12.6. The molecule has 0 aliphatic carbocycles. The Kier molecular flexibility index (Phi) is 9.20. The molecule has 0 spiro atoms. The predicted molar refractivity (Wildman–Crippen MR) is 108 cm³/mol. The fourth-order valence-electron chi connectivity index (χ4n) is 2.77. The van der Waals surface area contributed by atoms with Crippen molar-refractivity contribution in [2.75, 3.05) is 13.7 Å². The van der Waals surface area contributed by atoms with E-state index in [1.165, 1.54) is 25.7 Å². The summed E-state index contributed by atoms with van der Waals surface area (Å²) in [7, 11) is -0.391. The van der Waals surface area contributed by atoms with Crippen LogP contribution in [0.15, 0.2) is 42.9 Å². The van der Waals surface area contributed by atoms with E-state index < -0.39 is 30.9 Å². The number of phenolic OH excluding ortho intramolecular Hbond substituents is 1. The molecule has 2 amide bonds. The Morgan fingerprint density at radius 3 is 2.50 bits per heavy atom. The van der Waals surface area contributed by atoms with Crippen molar-refractivity contribution in [3.05, 3.63) is 54.1 Å². The number of aromatic nitrogens is 2. The van der Waals surface area contributed by atoms with Crippen LogP contribution in [0, 0.1) is 0 Å². The van der Waals surface area contributed by atoms with Crippen molar-refractivity contribution < 1.29 is 29.5 Å². The highest BCUT2D eigenvalue weighted by atomic mass is 16.5. The molecular formula is C19H25BN4O6. The number of carbonyl (C=O) groups excluding carboxylic acids is 2. The second-order valence-corrected chi connectivity index (χ2v) is 6.66. The van der Waals surface area contributed by atoms with Crippen LogP contribution in [-0.2, 0) is 16.0 Å². The van der Waals surface area contributed by atoms with Gasteiger partial charge >= 0.3 is 7.12 Å². The summed E-state index contributed by atoms with van der Waals surface area (Å²) in [6.45, 7) is -0.112. The van der Waals surface area contributed by atoms with Gasteiger partial charge in [-0.3, -0.25) is 14.6 Å². The summed E-state index contributed by atoms with van der Waals surface area (Å²) in [5.74, 6) is -1.98. The number of amides is 2. The molecule has 2 rings (SSSR count). The number of rotatable bonds is 11. The maximum atomic E-state index is 12.6. The van der Waals surface area contributed by atoms with Gasteiger partial charge in [0.25, 0.3) is 5.91 Å². The minimum atomic E-state index is -1.77. The third kappa shape index (κ3) is 7.43. The molecule has 0 bridgehead atoms. The first-order valence-electron chi connectivity index (χ1n) is 9.41.